The lowest BCUT2D eigenvalue weighted by Crippen LogP contribution is -2.25. The molecule has 4 aromatic heterocycles. The number of hydrogen-bond acceptors (Lipinski definition) is 5. The Bertz CT molecular complexity index is 1230. The minimum Gasteiger partial charge on any atom is -0.373 e. The third-order valence-corrected chi connectivity index (χ3v) is 5.31. The van der Waals surface area contributed by atoms with Crippen LogP contribution in [0.3, 0.4) is 0 Å². The molecule has 1 aliphatic carbocycles. The Kier molecular flexibility index (Phi) is 7.68. The molecule has 1 fully saturated rings. The number of carbonyl (C=O) groups excluding carboxylic acids is 1. The molecular formula is C25H35N7O. The summed E-state index contributed by atoms with van der Waals surface area (Å²) in [6, 6.07) is 6.48. The van der Waals surface area contributed by atoms with Crippen LogP contribution in [0.5, 0.6) is 0 Å². The van der Waals surface area contributed by atoms with E-state index in [0.717, 1.165) is 41.0 Å². The van der Waals surface area contributed by atoms with Crippen molar-refractivity contribution in [2.24, 2.45) is 0 Å². The van der Waals surface area contributed by atoms with Crippen molar-refractivity contribution in [3.8, 4) is 11.3 Å². The SMILES string of the molecule is CC.CC.CNc1cc(-c2cn(C(C)C)c3ncccc23)nc2c(C(=O)NC3CC3)cnn12. The maximum absolute atomic E-state index is 12.7. The van der Waals surface area contributed by atoms with Gasteiger partial charge in [-0.05, 0) is 38.8 Å². The zero-order valence-electron chi connectivity index (χ0n) is 20.7. The fraction of sp³-hybridized carbons (Fsp3) is 0.440. The van der Waals surface area contributed by atoms with Gasteiger partial charge in [-0.1, -0.05) is 27.7 Å². The second kappa shape index (κ2) is 10.5. The van der Waals surface area contributed by atoms with Gasteiger partial charge in [0.2, 0.25) is 0 Å². The summed E-state index contributed by atoms with van der Waals surface area (Å²) >= 11 is 0. The Morgan fingerprint density at radius 2 is 1.88 bits per heavy atom. The first-order valence-electron chi connectivity index (χ1n) is 11.9. The van der Waals surface area contributed by atoms with E-state index >= 15 is 0 Å². The van der Waals surface area contributed by atoms with Crippen molar-refractivity contribution in [1.82, 2.24) is 29.5 Å². The van der Waals surface area contributed by atoms with Gasteiger partial charge in [0.15, 0.2) is 5.65 Å². The molecule has 0 bridgehead atoms. The van der Waals surface area contributed by atoms with E-state index in [9.17, 15) is 4.79 Å². The van der Waals surface area contributed by atoms with Gasteiger partial charge in [-0.2, -0.15) is 9.61 Å². The van der Waals surface area contributed by atoms with Crippen molar-refractivity contribution in [3.63, 3.8) is 0 Å². The summed E-state index contributed by atoms with van der Waals surface area (Å²) in [5, 5.41) is 11.6. The molecule has 1 saturated carbocycles. The van der Waals surface area contributed by atoms with Gasteiger partial charge < -0.3 is 15.2 Å². The van der Waals surface area contributed by atoms with Crippen molar-refractivity contribution < 1.29 is 4.79 Å². The molecule has 1 aliphatic rings. The summed E-state index contributed by atoms with van der Waals surface area (Å²) in [7, 11) is 1.84. The molecule has 176 valence electrons. The monoisotopic (exact) mass is 449 g/mol. The van der Waals surface area contributed by atoms with E-state index in [1.54, 1.807) is 16.9 Å². The quantitative estimate of drug-likeness (QED) is 0.431. The van der Waals surface area contributed by atoms with E-state index in [1.807, 2.05) is 46.9 Å². The summed E-state index contributed by atoms with van der Waals surface area (Å²) in [5.41, 5.74) is 3.71. The van der Waals surface area contributed by atoms with Gasteiger partial charge in [0.25, 0.3) is 5.91 Å². The molecule has 0 radical (unpaired) electrons. The Morgan fingerprint density at radius 1 is 1.15 bits per heavy atom. The number of rotatable bonds is 5. The number of hydrogen-bond donors (Lipinski definition) is 2. The largest absolute Gasteiger partial charge is 0.373 e. The van der Waals surface area contributed by atoms with Crippen LogP contribution in [0.1, 0.15) is 70.8 Å². The molecule has 0 spiro atoms. The van der Waals surface area contributed by atoms with E-state index < -0.39 is 0 Å². The van der Waals surface area contributed by atoms with Crippen LogP contribution in [-0.2, 0) is 0 Å². The smallest absolute Gasteiger partial charge is 0.256 e. The van der Waals surface area contributed by atoms with Crippen molar-refractivity contribution in [1.29, 1.82) is 0 Å². The molecule has 4 heterocycles. The lowest BCUT2D eigenvalue weighted by Gasteiger charge is -2.08. The van der Waals surface area contributed by atoms with Crippen LogP contribution in [0.2, 0.25) is 0 Å². The van der Waals surface area contributed by atoms with Gasteiger partial charge in [0.1, 0.15) is 17.0 Å². The second-order valence-corrected chi connectivity index (χ2v) is 7.74. The average Bonchev–Trinajstić information content (AvgIpc) is 3.42. The highest BCUT2D eigenvalue weighted by Crippen LogP contribution is 2.32. The number of nitrogens with one attached hydrogen (secondary N) is 2. The molecule has 8 heteroatoms. The zero-order valence-corrected chi connectivity index (χ0v) is 20.7. The average molecular weight is 450 g/mol. The Balaban J connectivity index is 0.000000728. The van der Waals surface area contributed by atoms with Crippen molar-refractivity contribution in [2.75, 3.05) is 12.4 Å². The topological polar surface area (TPSA) is 89.1 Å². The van der Waals surface area contributed by atoms with Gasteiger partial charge in [0, 0.05) is 48.5 Å². The van der Waals surface area contributed by atoms with Crippen LogP contribution in [0.25, 0.3) is 27.9 Å². The maximum Gasteiger partial charge on any atom is 0.256 e. The molecule has 0 unspecified atom stereocenters. The molecule has 4 aromatic rings. The number of pyridine rings is 1. The second-order valence-electron chi connectivity index (χ2n) is 7.74. The van der Waals surface area contributed by atoms with E-state index in [1.165, 1.54) is 0 Å². The summed E-state index contributed by atoms with van der Waals surface area (Å²) < 4.78 is 3.82. The number of fused-ring (bicyclic) bond motifs is 2. The Labute approximate surface area is 195 Å². The first-order valence-corrected chi connectivity index (χ1v) is 11.9. The number of aromatic nitrogens is 5. The van der Waals surface area contributed by atoms with Crippen LogP contribution in [0, 0.1) is 0 Å². The number of amides is 1. The summed E-state index contributed by atoms with van der Waals surface area (Å²) in [6.45, 7) is 12.3. The molecule has 1 amide bonds. The molecule has 0 aliphatic heterocycles. The van der Waals surface area contributed by atoms with E-state index in [4.69, 9.17) is 4.98 Å². The van der Waals surface area contributed by atoms with Gasteiger partial charge in [0.05, 0.1) is 11.9 Å². The number of anilines is 1. The highest BCUT2D eigenvalue weighted by molar-refractivity contribution is 6.01. The van der Waals surface area contributed by atoms with Gasteiger partial charge >= 0.3 is 0 Å². The van der Waals surface area contributed by atoms with Gasteiger partial charge in [-0.3, -0.25) is 4.79 Å². The van der Waals surface area contributed by atoms with Gasteiger partial charge in [-0.15, -0.1) is 0 Å². The Morgan fingerprint density at radius 3 is 2.52 bits per heavy atom. The molecule has 0 atom stereocenters. The molecular weight excluding hydrogens is 414 g/mol. The van der Waals surface area contributed by atoms with Crippen LogP contribution in [-0.4, -0.2) is 43.1 Å². The zero-order chi connectivity index (χ0) is 24.1. The summed E-state index contributed by atoms with van der Waals surface area (Å²) in [5.74, 6) is 0.644. The predicted octanol–water partition coefficient (Wildman–Crippen LogP) is 5.31. The minimum atomic E-state index is -0.125. The van der Waals surface area contributed by atoms with Crippen LogP contribution >= 0.6 is 0 Å². The maximum atomic E-state index is 12.7. The van der Waals surface area contributed by atoms with Crippen molar-refractivity contribution in [2.45, 2.75) is 66.5 Å². The molecule has 5 rings (SSSR count). The molecule has 2 N–H and O–H groups in total. The fourth-order valence-corrected chi connectivity index (χ4v) is 3.61. The molecule has 0 aromatic carbocycles. The first-order chi connectivity index (χ1) is 16.1. The minimum absolute atomic E-state index is 0.125. The third-order valence-electron chi connectivity index (χ3n) is 5.31. The number of carbonyl (C=O) groups is 1. The molecule has 33 heavy (non-hydrogen) atoms. The van der Waals surface area contributed by atoms with Crippen LogP contribution in [0.4, 0.5) is 5.82 Å². The first kappa shape index (κ1) is 24.2. The lowest BCUT2D eigenvalue weighted by atomic mass is 10.1. The highest BCUT2D eigenvalue weighted by atomic mass is 16.1. The van der Waals surface area contributed by atoms with E-state index in [0.29, 0.717) is 11.2 Å². The van der Waals surface area contributed by atoms with Crippen molar-refractivity contribution >= 4 is 28.4 Å². The normalized spacial score (nSPS) is 12.7. The lowest BCUT2D eigenvalue weighted by molar-refractivity contribution is 0.0952. The Hall–Kier alpha value is -3.42. The van der Waals surface area contributed by atoms with Crippen molar-refractivity contribution in [3.05, 3.63) is 42.4 Å². The van der Waals surface area contributed by atoms with Crippen LogP contribution < -0.4 is 10.6 Å². The predicted molar refractivity (Wildman–Crippen MR) is 135 cm³/mol. The summed E-state index contributed by atoms with van der Waals surface area (Å²) in [4.78, 5) is 22.1. The van der Waals surface area contributed by atoms with Gasteiger partial charge in [-0.25, -0.2) is 9.97 Å². The highest BCUT2D eigenvalue weighted by Gasteiger charge is 2.26. The molecule has 0 saturated heterocycles. The fourth-order valence-electron chi connectivity index (χ4n) is 3.61. The third kappa shape index (κ3) is 4.69. The van der Waals surface area contributed by atoms with E-state index in [-0.39, 0.29) is 18.0 Å². The summed E-state index contributed by atoms with van der Waals surface area (Å²) in [6.07, 6.45) is 7.54. The van der Waals surface area contributed by atoms with E-state index in [2.05, 4.69) is 51.4 Å². The number of nitrogens with zero attached hydrogens (tertiary/aromatic N) is 5. The molecule has 8 nitrogen and oxygen atoms in total. The standard InChI is InChI=1S/C21H23N7O.2C2H6/c1-12(2)27-11-16(14-5-4-8-23-19(14)27)17-9-18(22-3)28-20(26-17)15(10-24-28)21(29)25-13-6-7-13;2*1-2/h4-5,8-13,22H,6-7H2,1-3H3,(H,25,29);2*1-2H3. The van der Waals surface area contributed by atoms with Crippen LogP contribution in [0.15, 0.2) is 36.8 Å².